The summed E-state index contributed by atoms with van der Waals surface area (Å²) < 4.78 is 21.8. The number of benzene rings is 2. The lowest BCUT2D eigenvalue weighted by Gasteiger charge is -2.28. The van der Waals surface area contributed by atoms with Crippen LogP contribution in [-0.2, 0) is 0 Å². The first-order chi connectivity index (χ1) is 16.9. The van der Waals surface area contributed by atoms with Crippen LogP contribution in [0.25, 0.3) is 22.8 Å². The van der Waals surface area contributed by atoms with E-state index >= 15 is 0 Å². The fourth-order valence-electron chi connectivity index (χ4n) is 4.67. The highest BCUT2D eigenvalue weighted by atomic mass is 16.5. The number of rotatable bonds is 6. The van der Waals surface area contributed by atoms with Gasteiger partial charge in [0, 0.05) is 5.56 Å². The van der Waals surface area contributed by atoms with Crippen molar-refractivity contribution < 1.29 is 18.9 Å². The first-order valence-electron chi connectivity index (χ1n) is 11.3. The van der Waals surface area contributed by atoms with Crippen molar-refractivity contribution in [1.82, 2.24) is 4.98 Å². The number of methoxy groups -OCH3 is 4. The molecule has 1 heterocycles. The van der Waals surface area contributed by atoms with Crippen molar-refractivity contribution in [3.8, 4) is 40.2 Å². The Morgan fingerprint density at radius 3 is 2.20 bits per heavy atom. The molecule has 0 saturated heterocycles. The molecule has 0 saturated carbocycles. The smallest absolute Gasteiger partial charge is 0.161 e. The summed E-state index contributed by atoms with van der Waals surface area (Å²) in [5.74, 6) is 2.93. The highest BCUT2D eigenvalue weighted by Gasteiger charge is 2.29. The molecule has 3 aromatic rings. The number of hydrogen-bond acceptors (Lipinski definition) is 7. The Bertz CT molecular complexity index is 1340. The second-order valence-electron chi connectivity index (χ2n) is 8.41. The number of ether oxygens (including phenoxy) is 4. The molecule has 1 aliphatic carbocycles. The second kappa shape index (κ2) is 9.98. The molecular weight excluding hydrogens is 442 g/mol. The number of nitrogens with two attached hydrogens (primary N) is 1. The highest BCUT2D eigenvalue weighted by Crippen LogP contribution is 2.46. The summed E-state index contributed by atoms with van der Waals surface area (Å²) in [6, 6.07) is 13.7. The lowest BCUT2D eigenvalue weighted by Crippen LogP contribution is -2.14. The Labute approximate surface area is 205 Å². The van der Waals surface area contributed by atoms with Gasteiger partial charge in [0.15, 0.2) is 23.0 Å². The van der Waals surface area contributed by atoms with Gasteiger partial charge in [-0.15, -0.1) is 0 Å². The Hall–Kier alpha value is -4.18. The summed E-state index contributed by atoms with van der Waals surface area (Å²) in [5, 5.41) is 10.0. The van der Waals surface area contributed by atoms with Gasteiger partial charge in [0.1, 0.15) is 17.5 Å². The van der Waals surface area contributed by atoms with E-state index in [2.05, 4.69) is 19.1 Å². The van der Waals surface area contributed by atoms with Crippen LogP contribution in [0.5, 0.6) is 23.0 Å². The van der Waals surface area contributed by atoms with Crippen LogP contribution in [0.3, 0.4) is 0 Å². The van der Waals surface area contributed by atoms with Crippen LogP contribution in [0, 0.1) is 11.3 Å². The van der Waals surface area contributed by atoms with E-state index in [4.69, 9.17) is 29.7 Å². The maximum absolute atomic E-state index is 10.0. The lowest BCUT2D eigenvalue weighted by molar-refractivity contribution is 0.355. The molecule has 0 fully saturated rings. The van der Waals surface area contributed by atoms with Gasteiger partial charge in [-0.1, -0.05) is 19.1 Å². The molecular formula is C28H29N3O4. The largest absolute Gasteiger partial charge is 0.493 e. The molecule has 4 rings (SSSR count). The van der Waals surface area contributed by atoms with Crippen molar-refractivity contribution in [2.45, 2.75) is 25.7 Å². The molecule has 7 nitrogen and oxygen atoms in total. The van der Waals surface area contributed by atoms with Gasteiger partial charge in [0.25, 0.3) is 0 Å². The summed E-state index contributed by atoms with van der Waals surface area (Å²) in [6.07, 6.45) is 3.86. The fourth-order valence-corrected chi connectivity index (χ4v) is 4.67. The predicted octanol–water partition coefficient (Wildman–Crippen LogP) is 5.67. The first-order valence-corrected chi connectivity index (χ1v) is 11.3. The normalized spacial score (nSPS) is 15.8. The summed E-state index contributed by atoms with van der Waals surface area (Å²) in [5.41, 5.74) is 12.2. The number of hydrogen-bond donors (Lipinski definition) is 1. The van der Waals surface area contributed by atoms with Gasteiger partial charge >= 0.3 is 0 Å². The number of fused-ring (bicyclic) bond motifs is 1. The summed E-state index contributed by atoms with van der Waals surface area (Å²) in [7, 11) is 6.42. The number of aromatic nitrogens is 1. The monoisotopic (exact) mass is 471 g/mol. The molecule has 35 heavy (non-hydrogen) atoms. The SMILES string of the molecule is COc1ccc(/C=C2/CC[C@@H](C)c3c2nc(N)c(C#N)c3-c2ccc(OC)c(OC)c2)cc1OC. The molecule has 180 valence electrons. The predicted molar refractivity (Wildman–Crippen MR) is 137 cm³/mol. The van der Waals surface area contributed by atoms with Gasteiger partial charge in [0.2, 0.25) is 0 Å². The Kier molecular flexibility index (Phi) is 6.83. The number of allylic oxidation sites excluding steroid dienone is 1. The van der Waals surface area contributed by atoms with E-state index in [-0.39, 0.29) is 11.7 Å². The van der Waals surface area contributed by atoms with Gasteiger partial charge in [0.05, 0.1) is 34.1 Å². The van der Waals surface area contributed by atoms with E-state index in [0.717, 1.165) is 46.4 Å². The van der Waals surface area contributed by atoms with Crippen molar-refractivity contribution in [3.05, 3.63) is 58.8 Å². The number of nitrogen functional groups attached to an aromatic ring is 1. The summed E-state index contributed by atoms with van der Waals surface area (Å²) in [6.45, 7) is 2.16. The summed E-state index contributed by atoms with van der Waals surface area (Å²) >= 11 is 0. The van der Waals surface area contributed by atoms with Crippen LogP contribution >= 0.6 is 0 Å². The van der Waals surface area contributed by atoms with E-state index in [1.54, 1.807) is 28.4 Å². The summed E-state index contributed by atoms with van der Waals surface area (Å²) in [4.78, 5) is 4.73. The minimum absolute atomic E-state index is 0.191. The van der Waals surface area contributed by atoms with Gasteiger partial charge in [-0.3, -0.25) is 0 Å². The zero-order chi connectivity index (χ0) is 25.1. The third kappa shape index (κ3) is 4.35. The number of nitrogens with zero attached hydrogens (tertiary/aromatic N) is 2. The van der Waals surface area contributed by atoms with Crippen molar-refractivity contribution in [2.75, 3.05) is 34.2 Å². The standard InChI is InChI=1S/C28H29N3O4/c1-16-6-8-19(12-17-7-10-21(32-2)23(13-17)34-4)27-25(16)26(20(15-29)28(30)31-27)18-9-11-22(33-3)24(14-18)35-5/h7,9-14,16H,6,8H2,1-5H3,(H2,30,31)/b19-12-/t16-/m1/s1. The molecule has 0 aliphatic heterocycles. The Balaban J connectivity index is 1.94. The average molecular weight is 472 g/mol. The van der Waals surface area contributed by atoms with Gasteiger partial charge in [-0.05, 0) is 71.4 Å². The van der Waals surface area contributed by atoms with Gasteiger partial charge in [-0.25, -0.2) is 4.98 Å². The molecule has 1 atom stereocenters. The molecule has 7 heteroatoms. The molecule has 2 N–H and O–H groups in total. The quantitative estimate of drug-likeness (QED) is 0.494. The first kappa shape index (κ1) is 24.0. The van der Waals surface area contributed by atoms with Gasteiger partial charge < -0.3 is 24.7 Å². The van der Waals surface area contributed by atoms with E-state index in [1.807, 2.05) is 36.4 Å². The number of nitriles is 1. The topological polar surface area (TPSA) is 99.6 Å². The van der Waals surface area contributed by atoms with Crippen molar-refractivity contribution >= 4 is 17.5 Å². The van der Waals surface area contributed by atoms with Crippen LogP contribution in [0.1, 0.15) is 48.1 Å². The number of anilines is 1. The molecule has 0 unspecified atom stereocenters. The molecule has 0 spiro atoms. The maximum atomic E-state index is 10.0. The minimum atomic E-state index is 0.191. The third-order valence-corrected chi connectivity index (χ3v) is 6.44. The van der Waals surface area contributed by atoms with E-state index in [1.165, 1.54) is 0 Å². The van der Waals surface area contributed by atoms with Crippen molar-refractivity contribution in [3.63, 3.8) is 0 Å². The van der Waals surface area contributed by atoms with Gasteiger partial charge in [-0.2, -0.15) is 5.26 Å². The van der Waals surface area contributed by atoms with Crippen LogP contribution < -0.4 is 24.7 Å². The van der Waals surface area contributed by atoms with E-state index < -0.39 is 0 Å². The molecule has 1 aliphatic rings. The third-order valence-electron chi connectivity index (χ3n) is 6.44. The molecule has 0 bridgehead atoms. The molecule has 2 aromatic carbocycles. The lowest BCUT2D eigenvalue weighted by atomic mass is 9.78. The van der Waals surface area contributed by atoms with E-state index in [9.17, 15) is 5.26 Å². The van der Waals surface area contributed by atoms with Crippen LogP contribution in [0.2, 0.25) is 0 Å². The maximum Gasteiger partial charge on any atom is 0.161 e. The Morgan fingerprint density at radius 2 is 1.57 bits per heavy atom. The van der Waals surface area contributed by atoms with Crippen LogP contribution in [-0.4, -0.2) is 33.4 Å². The van der Waals surface area contributed by atoms with Crippen LogP contribution in [0.4, 0.5) is 5.82 Å². The molecule has 0 radical (unpaired) electrons. The molecule has 0 amide bonds. The zero-order valence-electron chi connectivity index (χ0n) is 20.6. The zero-order valence-corrected chi connectivity index (χ0v) is 20.6. The van der Waals surface area contributed by atoms with E-state index in [0.29, 0.717) is 28.6 Å². The van der Waals surface area contributed by atoms with Crippen molar-refractivity contribution in [2.24, 2.45) is 0 Å². The minimum Gasteiger partial charge on any atom is -0.493 e. The van der Waals surface area contributed by atoms with Crippen LogP contribution in [0.15, 0.2) is 36.4 Å². The molecule has 1 aromatic heterocycles. The Morgan fingerprint density at radius 1 is 0.943 bits per heavy atom. The van der Waals surface area contributed by atoms with Crippen molar-refractivity contribution in [1.29, 1.82) is 5.26 Å². The number of pyridine rings is 1. The second-order valence-corrected chi connectivity index (χ2v) is 8.41. The fraction of sp³-hybridized carbons (Fsp3) is 0.286. The highest BCUT2D eigenvalue weighted by molar-refractivity contribution is 5.90. The average Bonchev–Trinajstić information content (AvgIpc) is 2.89.